The van der Waals surface area contributed by atoms with E-state index in [1.165, 1.54) is 0 Å². The van der Waals surface area contributed by atoms with E-state index in [1.807, 2.05) is 52.0 Å². The van der Waals surface area contributed by atoms with Crippen molar-refractivity contribution in [1.82, 2.24) is 9.88 Å². The lowest BCUT2D eigenvalue weighted by Gasteiger charge is -2.39. The van der Waals surface area contributed by atoms with Crippen LogP contribution in [0.1, 0.15) is 55.1 Å². The van der Waals surface area contributed by atoms with Gasteiger partial charge in [0.1, 0.15) is 11.4 Å². The zero-order valence-electron chi connectivity index (χ0n) is 20.9. The number of aromatic nitrogens is 1. The number of carbonyl (C=O) groups excluding carboxylic acids is 2. The molecular formula is C28H29BrN4O3. The number of hydrogen-bond donors (Lipinski definition) is 0. The van der Waals surface area contributed by atoms with Crippen LogP contribution in [0.2, 0.25) is 0 Å². The quantitative estimate of drug-likeness (QED) is 0.387. The van der Waals surface area contributed by atoms with E-state index in [1.54, 1.807) is 34.2 Å². The number of nitriles is 1. The van der Waals surface area contributed by atoms with Gasteiger partial charge in [-0.05, 0) is 91.7 Å². The summed E-state index contributed by atoms with van der Waals surface area (Å²) in [4.78, 5) is 35.1. The zero-order chi connectivity index (χ0) is 26.0. The second kappa shape index (κ2) is 10.3. The van der Waals surface area contributed by atoms with E-state index in [2.05, 4.69) is 27.0 Å². The number of ether oxygens (including phenoxy) is 1. The minimum Gasteiger partial charge on any atom is -0.444 e. The molecule has 8 heteroatoms. The number of rotatable bonds is 3. The third-order valence-corrected chi connectivity index (χ3v) is 6.82. The summed E-state index contributed by atoms with van der Waals surface area (Å²) in [6.45, 7) is 8.42. The standard InChI is InChI=1S/C28H29BrN4O3/c1-18-7-5-8-20-12-13-31-25(24(18)20)33(26(34)22-11-10-19(16-30)15-23(22)29)21-9-6-14-32(17-21)27(35)36-28(2,3)4/h5,7-8,10-13,15,21H,6,9,14,17H2,1-4H3/t21-/m1/s1. The minimum atomic E-state index is -0.610. The van der Waals surface area contributed by atoms with Crippen molar-refractivity contribution >= 4 is 44.5 Å². The van der Waals surface area contributed by atoms with Crippen LogP contribution in [0.25, 0.3) is 10.8 Å². The summed E-state index contributed by atoms with van der Waals surface area (Å²) in [7, 11) is 0. The number of amides is 2. The molecule has 0 bridgehead atoms. The summed E-state index contributed by atoms with van der Waals surface area (Å²) in [6, 6.07) is 14.6. The lowest BCUT2D eigenvalue weighted by atomic mass is 10.00. The molecule has 3 aromatic rings. The Kier molecular flexibility index (Phi) is 7.32. The molecule has 1 saturated heterocycles. The van der Waals surface area contributed by atoms with Crippen LogP contribution in [0.3, 0.4) is 0 Å². The summed E-state index contributed by atoms with van der Waals surface area (Å²) in [5, 5.41) is 11.1. The average Bonchev–Trinajstić information content (AvgIpc) is 2.83. The van der Waals surface area contributed by atoms with Crippen LogP contribution in [-0.4, -0.2) is 46.6 Å². The zero-order valence-corrected chi connectivity index (χ0v) is 22.5. The summed E-state index contributed by atoms with van der Waals surface area (Å²) in [5.74, 6) is 0.313. The molecule has 0 radical (unpaired) electrons. The van der Waals surface area contributed by atoms with Crippen molar-refractivity contribution in [2.75, 3.05) is 18.0 Å². The van der Waals surface area contributed by atoms with Gasteiger partial charge < -0.3 is 9.64 Å². The minimum absolute atomic E-state index is 0.245. The number of anilines is 1. The van der Waals surface area contributed by atoms with Crippen molar-refractivity contribution in [3.8, 4) is 6.07 Å². The van der Waals surface area contributed by atoms with E-state index in [-0.39, 0.29) is 18.0 Å². The van der Waals surface area contributed by atoms with E-state index in [0.29, 0.717) is 40.9 Å². The highest BCUT2D eigenvalue weighted by Crippen LogP contribution is 2.33. The fraction of sp³-hybridized carbons (Fsp3) is 0.357. The highest BCUT2D eigenvalue weighted by atomic mass is 79.9. The van der Waals surface area contributed by atoms with E-state index in [9.17, 15) is 14.9 Å². The predicted octanol–water partition coefficient (Wildman–Crippen LogP) is 6.22. The second-order valence-corrected chi connectivity index (χ2v) is 10.9. The predicted molar refractivity (Wildman–Crippen MR) is 143 cm³/mol. The molecule has 1 fully saturated rings. The normalized spacial score (nSPS) is 15.9. The van der Waals surface area contributed by atoms with Crippen molar-refractivity contribution in [3.05, 3.63) is 69.8 Å². The highest BCUT2D eigenvalue weighted by Gasteiger charge is 2.36. The number of halogens is 1. The highest BCUT2D eigenvalue weighted by molar-refractivity contribution is 9.10. The van der Waals surface area contributed by atoms with Gasteiger partial charge in [0, 0.05) is 29.1 Å². The van der Waals surface area contributed by atoms with Crippen LogP contribution in [0.4, 0.5) is 10.6 Å². The molecule has 7 nitrogen and oxygen atoms in total. The maximum absolute atomic E-state index is 14.2. The Balaban J connectivity index is 1.81. The summed E-state index contributed by atoms with van der Waals surface area (Å²) in [5.41, 5.74) is 1.28. The van der Waals surface area contributed by atoms with Gasteiger partial charge >= 0.3 is 6.09 Å². The molecule has 0 N–H and O–H groups in total. The molecule has 1 aliphatic heterocycles. The molecule has 36 heavy (non-hydrogen) atoms. The van der Waals surface area contributed by atoms with Crippen LogP contribution in [0, 0.1) is 18.3 Å². The van der Waals surface area contributed by atoms with Gasteiger partial charge in [-0.3, -0.25) is 9.69 Å². The summed E-state index contributed by atoms with van der Waals surface area (Å²) < 4.78 is 6.16. The fourth-order valence-corrected chi connectivity index (χ4v) is 5.10. The van der Waals surface area contributed by atoms with Gasteiger partial charge in [0.15, 0.2) is 0 Å². The third-order valence-electron chi connectivity index (χ3n) is 6.17. The fourth-order valence-electron chi connectivity index (χ4n) is 4.55. The van der Waals surface area contributed by atoms with Crippen LogP contribution in [0.15, 0.2) is 53.1 Å². The van der Waals surface area contributed by atoms with Crippen molar-refractivity contribution < 1.29 is 14.3 Å². The Labute approximate surface area is 219 Å². The maximum atomic E-state index is 14.2. The lowest BCUT2D eigenvalue weighted by Crippen LogP contribution is -2.53. The van der Waals surface area contributed by atoms with Crippen LogP contribution < -0.4 is 4.90 Å². The number of pyridine rings is 1. The molecule has 1 aromatic heterocycles. The Bertz CT molecular complexity index is 1350. The second-order valence-electron chi connectivity index (χ2n) is 10.0. The van der Waals surface area contributed by atoms with Gasteiger partial charge in [0.2, 0.25) is 0 Å². The molecule has 4 rings (SSSR count). The monoisotopic (exact) mass is 548 g/mol. The number of benzene rings is 2. The van der Waals surface area contributed by atoms with Crippen molar-refractivity contribution in [1.29, 1.82) is 5.26 Å². The lowest BCUT2D eigenvalue weighted by molar-refractivity contribution is 0.0196. The van der Waals surface area contributed by atoms with Gasteiger partial charge in [-0.25, -0.2) is 9.78 Å². The van der Waals surface area contributed by atoms with Crippen molar-refractivity contribution in [3.63, 3.8) is 0 Å². The molecule has 0 aliphatic carbocycles. The molecule has 2 heterocycles. The van der Waals surface area contributed by atoms with E-state index >= 15 is 0 Å². The van der Waals surface area contributed by atoms with Gasteiger partial charge in [-0.1, -0.05) is 18.2 Å². The number of hydrogen-bond acceptors (Lipinski definition) is 5. The van der Waals surface area contributed by atoms with Gasteiger partial charge in [0.05, 0.1) is 23.2 Å². The van der Waals surface area contributed by atoms with Crippen LogP contribution in [0.5, 0.6) is 0 Å². The smallest absolute Gasteiger partial charge is 0.410 e. The Morgan fingerprint density at radius 1 is 1.22 bits per heavy atom. The van der Waals surface area contributed by atoms with Gasteiger partial charge in [-0.15, -0.1) is 0 Å². The van der Waals surface area contributed by atoms with Crippen LogP contribution in [-0.2, 0) is 4.74 Å². The topological polar surface area (TPSA) is 86.5 Å². The molecular weight excluding hydrogens is 520 g/mol. The SMILES string of the molecule is Cc1cccc2ccnc(N(C(=O)c3ccc(C#N)cc3Br)[C@@H]3CCCN(C(=O)OC(C)(C)C)C3)c12. The maximum Gasteiger partial charge on any atom is 0.410 e. The first-order chi connectivity index (χ1) is 17.1. The Hall–Kier alpha value is -3.44. The number of fused-ring (bicyclic) bond motifs is 1. The molecule has 2 aromatic carbocycles. The molecule has 1 aliphatic rings. The average molecular weight is 549 g/mol. The molecule has 0 saturated carbocycles. The molecule has 1 atom stereocenters. The molecule has 0 unspecified atom stereocenters. The van der Waals surface area contributed by atoms with Crippen molar-refractivity contribution in [2.24, 2.45) is 0 Å². The number of nitrogens with zero attached hydrogens (tertiary/aromatic N) is 4. The Morgan fingerprint density at radius 3 is 2.69 bits per heavy atom. The van der Waals surface area contributed by atoms with Crippen molar-refractivity contribution in [2.45, 2.75) is 52.2 Å². The van der Waals surface area contributed by atoms with E-state index in [4.69, 9.17) is 4.74 Å². The number of likely N-dealkylation sites (tertiary alicyclic amines) is 1. The number of aryl methyl sites for hydroxylation is 1. The number of piperidine rings is 1. The number of carbonyl (C=O) groups is 2. The summed E-state index contributed by atoms with van der Waals surface area (Å²) >= 11 is 3.48. The summed E-state index contributed by atoms with van der Waals surface area (Å²) in [6.07, 6.45) is 2.76. The molecule has 2 amide bonds. The molecule has 186 valence electrons. The van der Waals surface area contributed by atoms with E-state index in [0.717, 1.165) is 22.8 Å². The first kappa shape index (κ1) is 25.6. The van der Waals surface area contributed by atoms with E-state index < -0.39 is 5.60 Å². The van der Waals surface area contributed by atoms with Gasteiger partial charge in [-0.2, -0.15) is 5.26 Å². The molecule has 0 spiro atoms. The largest absolute Gasteiger partial charge is 0.444 e. The first-order valence-electron chi connectivity index (χ1n) is 11.9. The van der Waals surface area contributed by atoms with Gasteiger partial charge in [0.25, 0.3) is 5.91 Å². The first-order valence-corrected chi connectivity index (χ1v) is 12.7. The Morgan fingerprint density at radius 2 is 2.00 bits per heavy atom. The third kappa shape index (κ3) is 5.36. The van der Waals surface area contributed by atoms with Crippen LogP contribution >= 0.6 is 15.9 Å².